The minimum Gasteiger partial charge on any atom is -0.411 e. The minimum atomic E-state index is 0.874. The number of para-hydroxylation sites is 1. The Kier molecular flexibility index (Phi) is 2.04. The summed E-state index contributed by atoms with van der Waals surface area (Å²) in [5, 5.41) is 14.1. The van der Waals surface area contributed by atoms with Crippen LogP contribution in [0.25, 0.3) is 10.9 Å². The van der Waals surface area contributed by atoms with Gasteiger partial charge < -0.3 is 9.77 Å². The first-order valence-corrected chi connectivity index (χ1v) is 6.74. The molecule has 0 bridgehead atoms. The fraction of sp³-hybridized carbons (Fsp3) is 0.400. The Hall–Kier alpha value is -1.77. The third-order valence-electron chi connectivity index (χ3n) is 4.34. The second kappa shape index (κ2) is 3.61. The van der Waals surface area contributed by atoms with Crippen LogP contribution >= 0.6 is 0 Å². The van der Waals surface area contributed by atoms with Crippen LogP contribution in [0.2, 0.25) is 0 Å². The van der Waals surface area contributed by atoms with Crippen molar-refractivity contribution in [2.24, 2.45) is 5.16 Å². The lowest BCUT2D eigenvalue weighted by atomic mass is 9.93. The van der Waals surface area contributed by atoms with Crippen LogP contribution in [0.3, 0.4) is 0 Å². The molecule has 2 aliphatic rings. The molecule has 0 atom stereocenters. The zero-order chi connectivity index (χ0) is 12.1. The molecule has 3 heteroatoms. The number of hydrogen-bond donors (Lipinski definition) is 1. The second-order valence-electron chi connectivity index (χ2n) is 5.29. The molecule has 0 unspecified atom stereocenters. The largest absolute Gasteiger partial charge is 0.411 e. The van der Waals surface area contributed by atoms with Gasteiger partial charge in [-0.1, -0.05) is 23.4 Å². The van der Waals surface area contributed by atoms with Crippen molar-refractivity contribution >= 4 is 16.6 Å². The van der Waals surface area contributed by atoms with Crippen molar-refractivity contribution < 1.29 is 5.21 Å². The van der Waals surface area contributed by atoms with Gasteiger partial charge in [0.2, 0.25) is 0 Å². The third-order valence-corrected chi connectivity index (χ3v) is 4.34. The summed E-state index contributed by atoms with van der Waals surface area (Å²) in [6, 6.07) is 6.55. The van der Waals surface area contributed by atoms with Gasteiger partial charge in [0, 0.05) is 23.2 Å². The lowest BCUT2D eigenvalue weighted by Crippen LogP contribution is -2.15. The molecule has 92 valence electrons. The molecule has 4 rings (SSSR count). The fourth-order valence-corrected chi connectivity index (χ4v) is 3.64. The van der Waals surface area contributed by atoms with E-state index >= 15 is 0 Å². The molecule has 0 spiro atoms. The zero-order valence-electron chi connectivity index (χ0n) is 10.3. The van der Waals surface area contributed by atoms with Crippen LogP contribution in [-0.4, -0.2) is 15.5 Å². The SMILES string of the molecule is ON=C1CCCc2c1c1cccc3c1n2CCC3. The molecule has 3 nitrogen and oxygen atoms in total. The molecule has 1 aromatic carbocycles. The molecular weight excluding hydrogens is 224 g/mol. The van der Waals surface area contributed by atoms with E-state index < -0.39 is 0 Å². The van der Waals surface area contributed by atoms with E-state index in [4.69, 9.17) is 0 Å². The van der Waals surface area contributed by atoms with Gasteiger partial charge >= 0.3 is 0 Å². The summed E-state index contributed by atoms with van der Waals surface area (Å²) in [5.74, 6) is 0. The normalized spacial score (nSPS) is 20.3. The molecule has 0 saturated heterocycles. The van der Waals surface area contributed by atoms with E-state index in [1.807, 2.05) is 0 Å². The lowest BCUT2D eigenvalue weighted by Gasteiger charge is -2.19. The number of oxime groups is 1. The van der Waals surface area contributed by atoms with Crippen molar-refractivity contribution in [3.63, 3.8) is 0 Å². The Labute approximate surface area is 106 Å². The average Bonchev–Trinajstić information content (AvgIpc) is 2.77. The Morgan fingerprint density at radius 3 is 2.94 bits per heavy atom. The van der Waals surface area contributed by atoms with E-state index in [1.165, 1.54) is 40.6 Å². The van der Waals surface area contributed by atoms with Crippen molar-refractivity contribution in [1.82, 2.24) is 4.57 Å². The Bertz CT molecular complexity index is 667. The second-order valence-corrected chi connectivity index (χ2v) is 5.29. The third kappa shape index (κ3) is 1.17. The highest BCUT2D eigenvalue weighted by Gasteiger charge is 2.27. The number of hydrogen-bond acceptors (Lipinski definition) is 2. The van der Waals surface area contributed by atoms with E-state index in [1.54, 1.807) is 0 Å². The van der Waals surface area contributed by atoms with Gasteiger partial charge in [-0.05, 0) is 37.7 Å². The van der Waals surface area contributed by atoms with Gasteiger partial charge in [-0.25, -0.2) is 0 Å². The maximum atomic E-state index is 9.24. The predicted octanol–water partition coefficient (Wildman–Crippen LogP) is 3.10. The molecule has 2 aromatic rings. The van der Waals surface area contributed by atoms with E-state index in [-0.39, 0.29) is 0 Å². The highest BCUT2D eigenvalue weighted by Crippen LogP contribution is 2.36. The molecule has 1 aliphatic heterocycles. The van der Waals surface area contributed by atoms with Gasteiger partial charge in [-0.3, -0.25) is 0 Å². The summed E-state index contributed by atoms with van der Waals surface area (Å²) in [6.45, 7) is 1.11. The monoisotopic (exact) mass is 240 g/mol. The molecule has 0 radical (unpaired) electrons. The van der Waals surface area contributed by atoms with E-state index in [0.29, 0.717) is 0 Å². The molecule has 1 aromatic heterocycles. The van der Waals surface area contributed by atoms with Gasteiger partial charge in [0.05, 0.1) is 11.2 Å². The molecule has 1 N–H and O–H groups in total. The highest BCUT2D eigenvalue weighted by molar-refractivity contribution is 6.13. The molecule has 18 heavy (non-hydrogen) atoms. The van der Waals surface area contributed by atoms with Crippen molar-refractivity contribution in [3.05, 3.63) is 35.0 Å². The molecule has 2 heterocycles. The van der Waals surface area contributed by atoms with Gasteiger partial charge in [0.15, 0.2) is 0 Å². The predicted molar refractivity (Wildman–Crippen MR) is 71.5 cm³/mol. The van der Waals surface area contributed by atoms with Crippen LogP contribution < -0.4 is 0 Å². The lowest BCUT2D eigenvalue weighted by molar-refractivity contribution is 0.317. The van der Waals surface area contributed by atoms with Gasteiger partial charge in [0.1, 0.15) is 0 Å². The van der Waals surface area contributed by atoms with Gasteiger partial charge in [-0.15, -0.1) is 0 Å². The van der Waals surface area contributed by atoms with Crippen LogP contribution in [0.5, 0.6) is 0 Å². The molecular formula is C15H16N2O. The van der Waals surface area contributed by atoms with Crippen LogP contribution in [0.15, 0.2) is 23.4 Å². The van der Waals surface area contributed by atoms with Crippen LogP contribution in [0.1, 0.15) is 36.1 Å². The summed E-state index contributed by atoms with van der Waals surface area (Å²) in [6.07, 6.45) is 5.50. The Morgan fingerprint density at radius 2 is 2.06 bits per heavy atom. The molecule has 0 amide bonds. The minimum absolute atomic E-state index is 0.874. The topological polar surface area (TPSA) is 37.5 Å². The van der Waals surface area contributed by atoms with E-state index in [2.05, 4.69) is 27.9 Å². The number of rotatable bonds is 0. The van der Waals surface area contributed by atoms with Crippen LogP contribution in [-0.2, 0) is 19.4 Å². The standard InChI is InChI=1S/C15H16N2O/c18-16-12-7-2-8-13-14(12)11-6-1-4-10-5-3-9-17(13)15(10)11/h1,4,6,18H,2-3,5,7-9H2. The Morgan fingerprint density at radius 1 is 1.11 bits per heavy atom. The van der Waals surface area contributed by atoms with Crippen LogP contribution in [0, 0.1) is 0 Å². The van der Waals surface area contributed by atoms with E-state index in [9.17, 15) is 5.21 Å². The average molecular weight is 240 g/mol. The van der Waals surface area contributed by atoms with Gasteiger partial charge in [0.25, 0.3) is 0 Å². The van der Waals surface area contributed by atoms with Crippen molar-refractivity contribution in [1.29, 1.82) is 0 Å². The van der Waals surface area contributed by atoms with Crippen molar-refractivity contribution in [3.8, 4) is 0 Å². The van der Waals surface area contributed by atoms with Crippen molar-refractivity contribution in [2.75, 3.05) is 0 Å². The molecule has 0 fully saturated rings. The first kappa shape index (κ1) is 10.2. The number of benzene rings is 1. The maximum absolute atomic E-state index is 9.24. The summed E-state index contributed by atoms with van der Waals surface area (Å²) < 4.78 is 2.47. The highest BCUT2D eigenvalue weighted by atomic mass is 16.4. The smallest absolute Gasteiger partial charge is 0.0892 e. The number of aromatic nitrogens is 1. The molecule has 1 aliphatic carbocycles. The van der Waals surface area contributed by atoms with Crippen molar-refractivity contribution in [2.45, 2.75) is 38.6 Å². The first-order valence-electron chi connectivity index (χ1n) is 6.74. The summed E-state index contributed by atoms with van der Waals surface area (Å²) in [5.41, 5.74) is 6.31. The molecule has 0 saturated carbocycles. The van der Waals surface area contributed by atoms with Gasteiger partial charge in [-0.2, -0.15) is 0 Å². The summed E-state index contributed by atoms with van der Waals surface area (Å²) >= 11 is 0. The number of nitrogens with zero attached hydrogens (tertiary/aromatic N) is 2. The number of fused-ring (bicyclic) bond motifs is 3. The fourth-order valence-electron chi connectivity index (χ4n) is 3.64. The Balaban J connectivity index is 2.16. The van der Waals surface area contributed by atoms with E-state index in [0.717, 1.165) is 31.5 Å². The zero-order valence-corrected chi connectivity index (χ0v) is 10.3. The first-order chi connectivity index (χ1) is 8.90. The summed E-state index contributed by atoms with van der Waals surface area (Å²) in [7, 11) is 0. The number of aryl methyl sites for hydroxylation is 2. The maximum Gasteiger partial charge on any atom is 0.0892 e. The quantitative estimate of drug-likeness (QED) is 0.557. The van der Waals surface area contributed by atoms with Crippen LogP contribution in [0.4, 0.5) is 0 Å². The summed E-state index contributed by atoms with van der Waals surface area (Å²) in [4.78, 5) is 0.